The van der Waals surface area contributed by atoms with E-state index in [1.54, 1.807) is 11.3 Å². The van der Waals surface area contributed by atoms with Gasteiger partial charge in [-0.15, -0.1) is 11.3 Å². The zero-order chi connectivity index (χ0) is 14.1. The van der Waals surface area contributed by atoms with Crippen molar-refractivity contribution in [3.05, 3.63) is 25.6 Å². The zero-order valence-electron chi connectivity index (χ0n) is 11.8. The number of fused-ring (bicyclic) bond motifs is 1. The number of aromatic amines is 1. The van der Waals surface area contributed by atoms with E-state index < -0.39 is 0 Å². The molecule has 106 valence electrons. The molecule has 0 unspecified atom stereocenters. The fourth-order valence-electron chi connectivity index (χ4n) is 3.37. The summed E-state index contributed by atoms with van der Waals surface area (Å²) in [6.07, 6.45) is 5.20. The van der Waals surface area contributed by atoms with Crippen LogP contribution in [0.1, 0.15) is 36.1 Å². The first-order chi connectivity index (χ1) is 9.52. The Morgan fingerprint density at radius 1 is 1.40 bits per heavy atom. The van der Waals surface area contributed by atoms with Crippen LogP contribution in [0.4, 0.5) is 0 Å². The Morgan fingerprint density at radius 3 is 2.70 bits per heavy atom. The molecule has 1 N–H and O–H groups in total. The van der Waals surface area contributed by atoms with Crippen molar-refractivity contribution in [3.8, 4) is 0 Å². The van der Waals surface area contributed by atoms with Gasteiger partial charge in [0.2, 0.25) is 0 Å². The Kier molecular flexibility index (Phi) is 2.58. The molecular weight excluding hydrogens is 288 g/mol. The maximum absolute atomic E-state index is 12.8. The van der Waals surface area contributed by atoms with Crippen molar-refractivity contribution in [2.24, 2.45) is 11.3 Å². The lowest BCUT2D eigenvalue weighted by molar-refractivity contribution is 0.361. The third-order valence-electron chi connectivity index (χ3n) is 5.12. The molecule has 2 aromatic rings. The van der Waals surface area contributed by atoms with Gasteiger partial charge in [0, 0.05) is 11.4 Å². The van der Waals surface area contributed by atoms with Gasteiger partial charge in [-0.05, 0) is 68.6 Å². The minimum atomic E-state index is 0.109. The van der Waals surface area contributed by atoms with Crippen LogP contribution in [0.5, 0.6) is 0 Å². The highest BCUT2D eigenvalue weighted by Crippen LogP contribution is 2.62. The Balaban J connectivity index is 1.89. The SMILES string of the molecule is Cc1sc2[nH]c(=S)n(CC3(C4CC4)CC3)c(=O)c2c1C. The first-order valence-corrected chi connectivity index (χ1v) is 8.47. The zero-order valence-corrected chi connectivity index (χ0v) is 13.4. The Morgan fingerprint density at radius 2 is 2.10 bits per heavy atom. The number of thiophene rings is 1. The van der Waals surface area contributed by atoms with Crippen LogP contribution in [0, 0.1) is 30.0 Å². The van der Waals surface area contributed by atoms with Gasteiger partial charge in [-0.2, -0.15) is 0 Å². The average molecular weight is 306 g/mol. The second-order valence-corrected chi connectivity index (χ2v) is 8.06. The molecule has 2 aliphatic rings. The molecule has 2 saturated carbocycles. The molecule has 0 spiro atoms. The molecule has 0 saturated heterocycles. The monoisotopic (exact) mass is 306 g/mol. The van der Waals surface area contributed by atoms with Gasteiger partial charge >= 0.3 is 0 Å². The summed E-state index contributed by atoms with van der Waals surface area (Å²) in [5.74, 6) is 0.838. The van der Waals surface area contributed by atoms with Crippen LogP contribution in [0.2, 0.25) is 0 Å². The lowest BCUT2D eigenvalue weighted by Gasteiger charge is -2.16. The van der Waals surface area contributed by atoms with E-state index in [1.165, 1.54) is 30.6 Å². The topological polar surface area (TPSA) is 37.8 Å². The van der Waals surface area contributed by atoms with Gasteiger partial charge in [0.25, 0.3) is 5.56 Å². The third kappa shape index (κ3) is 1.76. The molecular formula is C15H18N2OS2. The van der Waals surface area contributed by atoms with Crippen molar-refractivity contribution in [2.45, 2.75) is 46.1 Å². The van der Waals surface area contributed by atoms with Gasteiger partial charge < -0.3 is 4.98 Å². The van der Waals surface area contributed by atoms with Crippen molar-refractivity contribution in [1.82, 2.24) is 9.55 Å². The summed E-state index contributed by atoms with van der Waals surface area (Å²) < 4.78 is 2.41. The van der Waals surface area contributed by atoms with Crippen LogP contribution < -0.4 is 5.56 Å². The molecule has 0 aromatic carbocycles. The highest BCUT2D eigenvalue weighted by atomic mass is 32.1. The molecule has 0 aliphatic heterocycles. The number of H-pyrrole nitrogens is 1. The van der Waals surface area contributed by atoms with Crippen LogP contribution >= 0.6 is 23.6 Å². The smallest absolute Gasteiger partial charge is 0.263 e. The number of aryl methyl sites for hydroxylation is 2. The van der Waals surface area contributed by atoms with Crippen LogP contribution in [0.25, 0.3) is 10.2 Å². The molecule has 2 aliphatic carbocycles. The normalized spacial score (nSPS) is 20.5. The van der Waals surface area contributed by atoms with E-state index >= 15 is 0 Å². The van der Waals surface area contributed by atoms with Gasteiger partial charge in [-0.3, -0.25) is 9.36 Å². The van der Waals surface area contributed by atoms with Crippen LogP contribution in [-0.2, 0) is 6.54 Å². The van der Waals surface area contributed by atoms with Crippen molar-refractivity contribution >= 4 is 33.8 Å². The quantitative estimate of drug-likeness (QED) is 0.873. The van der Waals surface area contributed by atoms with Gasteiger partial charge in [0.05, 0.1) is 5.39 Å². The molecule has 4 rings (SSSR count). The van der Waals surface area contributed by atoms with Gasteiger partial charge in [0.15, 0.2) is 4.77 Å². The molecule has 2 fully saturated rings. The standard InChI is InChI=1S/C15H18N2OS2/c1-8-9(2)20-12-11(8)13(18)17(14(19)16-12)7-15(5-6-15)10-3-4-10/h10H,3-7H2,1-2H3,(H,16,19). The van der Waals surface area contributed by atoms with Gasteiger partial charge in [-0.1, -0.05) is 0 Å². The fraction of sp³-hybridized carbons (Fsp3) is 0.600. The number of aromatic nitrogens is 2. The number of hydrogen-bond acceptors (Lipinski definition) is 3. The second kappa shape index (κ2) is 4.04. The lowest BCUT2D eigenvalue weighted by Crippen LogP contribution is -2.27. The summed E-state index contributed by atoms with van der Waals surface area (Å²) in [6.45, 7) is 4.91. The van der Waals surface area contributed by atoms with Crippen LogP contribution in [0.3, 0.4) is 0 Å². The molecule has 2 heterocycles. The Labute approximate surface area is 126 Å². The molecule has 0 radical (unpaired) electrons. The van der Waals surface area contributed by atoms with E-state index in [0.29, 0.717) is 10.2 Å². The van der Waals surface area contributed by atoms with Gasteiger partial charge in [0.1, 0.15) is 4.83 Å². The van der Waals surface area contributed by atoms with E-state index in [-0.39, 0.29) is 5.56 Å². The number of hydrogen-bond donors (Lipinski definition) is 1. The van der Waals surface area contributed by atoms with E-state index in [1.807, 2.05) is 11.5 Å². The average Bonchev–Trinajstić information content (AvgIpc) is 3.26. The highest BCUT2D eigenvalue weighted by Gasteiger charge is 2.54. The fourth-order valence-corrected chi connectivity index (χ4v) is 4.74. The first-order valence-electron chi connectivity index (χ1n) is 7.25. The minimum absolute atomic E-state index is 0.109. The number of rotatable bonds is 3. The molecule has 5 heteroatoms. The molecule has 0 amide bonds. The largest absolute Gasteiger partial charge is 0.323 e. The van der Waals surface area contributed by atoms with Crippen molar-refractivity contribution in [2.75, 3.05) is 0 Å². The van der Waals surface area contributed by atoms with Crippen LogP contribution in [0.15, 0.2) is 4.79 Å². The maximum Gasteiger partial charge on any atom is 0.263 e. The van der Waals surface area contributed by atoms with Crippen molar-refractivity contribution in [1.29, 1.82) is 0 Å². The van der Waals surface area contributed by atoms with Gasteiger partial charge in [-0.25, -0.2) is 0 Å². The lowest BCUT2D eigenvalue weighted by atomic mass is 10.0. The number of nitrogens with one attached hydrogen (secondary N) is 1. The Bertz CT molecular complexity index is 819. The highest BCUT2D eigenvalue weighted by molar-refractivity contribution is 7.71. The number of nitrogens with zero attached hydrogens (tertiary/aromatic N) is 1. The maximum atomic E-state index is 12.8. The molecule has 3 nitrogen and oxygen atoms in total. The van der Waals surface area contributed by atoms with Crippen LogP contribution in [-0.4, -0.2) is 9.55 Å². The molecule has 20 heavy (non-hydrogen) atoms. The van der Waals surface area contributed by atoms with E-state index in [0.717, 1.165) is 28.2 Å². The molecule has 0 atom stereocenters. The summed E-state index contributed by atoms with van der Waals surface area (Å²) in [4.78, 5) is 18.2. The molecule has 2 aromatic heterocycles. The third-order valence-corrected chi connectivity index (χ3v) is 6.56. The summed E-state index contributed by atoms with van der Waals surface area (Å²) >= 11 is 7.07. The summed E-state index contributed by atoms with van der Waals surface area (Å²) in [5.41, 5.74) is 1.60. The van der Waals surface area contributed by atoms with E-state index in [9.17, 15) is 4.79 Å². The predicted molar refractivity (Wildman–Crippen MR) is 85.1 cm³/mol. The second-order valence-electron chi connectivity index (χ2n) is 6.45. The summed E-state index contributed by atoms with van der Waals surface area (Å²) in [5, 5.41) is 0.840. The summed E-state index contributed by atoms with van der Waals surface area (Å²) in [6, 6.07) is 0. The Hall–Kier alpha value is -0.940. The van der Waals surface area contributed by atoms with E-state index in [2.05, 4.69) is 11.9 Å². The minimum Gasteiger partial charge on any atom is -0.323 e. The molecule has 0 bridgehead atoms. The predicted octanol–water partition coefficient (Wildman–Crippen LogP) is 3.93. The first kappa shape index (κ1) is 12.8. The van der Waals surface area contributed by atoms with Crippen molar-refractivity contribution < 1.29 is 0 Å². The van der Waals surface area contributed by atoms with Crippen molar-refractivity contribution in [3.63, 3.8) is 0 Å². The van der Waals surface area contributed by atoms with E-state index in [4.69, 9.17) is 12.2 Å². The summed E-state index contributed by atoms with van der Waals surface area (Å²) in [7, 11) is 0.